The molecule has 84 valence electrons. The van der Waals surface area contributed by atoms with Crippen LogP contribution >= 0.6 is 11.3 Å². The lowest BCUT2D eigenvalue weighted by molar-refractivity contribution is 0.199. The zero-order chi connectivity index (χ0) is 10.8. The van der Waals surface area contributed by atoms with Crippen molar-refractivity contribution in [1.29, 1.82) is 0 Å². The van der Waals surface area contributed by atoms with Gasteiger partial charge < -0.3 is 5.32 Å². The van der Waals surface area contributed by atoms with Gasteiger partial charge in [0.15, 0.2) is 0 Å². The van der Waals surface area contributed by atoms with Crippen molar-refractivity contribution < 1.29 is 0 Å². The molecule has 1 fully saturated rings. The summed E-state index contributed by atoms with van der Waals surface area (Å²) in [6, 6.07) is 2.98. The Kier molecular flexibility index (Phi) is 3.44. The van der Waals surface area contributed by atoms with Crippen molar-refractivity contribution >= 4 is 11.3 Å². The van der Waals surface area contributed by atoms with E-state index in [0.717, 1.165) is 13.1 Å². The third-order valence-corrected chi connectivity index (χ3v) is 4.00. The Morgan fingerprint density at radius 3 is 2.93 bits per heavy atom. The van der Waals surface area contributed by atoms with E-state index >= 15 is 0 Å². The van der Waals surface area contributed by atoms with E-state index < -0.39 is 0 Å². The second kappa shape index (κ2) is 4.64. The molecule has 2 rings (SSSR count). The summed E-state index contributed by atoms with van der Waals surface area (Å²) in [5.41, 5.74) is 1.52. The van der Waals surface area contributed by atoms with E-state index in [1.165, 1.54) is 28.4 Å². The van der Waals surface area contributed by atoms with Crippen molar-refractivity contribution in [1.82, 2.24) is 10.2 Å². The fraction of sp³-hybridized carbons (Fsp3) is 0.667. The molecule has 1 aliphatic rings. The van der Waals surface area contributed by atoms with E-state index in [0.29, 0.717) is 6.04 Å². The van der Waals surface area contributed by atoms with Crippen LogP contribution in [0, 0.1) is 13.8 Å². The van der Waals surface area contributed by atoms with Crippen LogP contribution in [0.3, 0.4) is 0 Å². The Hall–Kier alpha value is -0.380. The van der Waals surface area contributed by atoms with Crippen molar-refractivity contribution in [2.45, 2.75) is 33.4 Å². The first-order valence-electron chi connectivity index (χ1n) is 5.67. The van der Waals surface area contributed by atoms with E-state index in [2.05, 4.69) is 37.1 Å². The van der Waals surface area contributed by atoms with E-state index in [1.54, 1.807) is 0 Å². The molecule has 0 saturated carbocycles. The number of nitrogens with one attached hydrogen (secondary N) is 1. The maximum Gasteiger partial charge on any atom is 0.0245 e. The summed E-state index contributed by atoms with van der Waals surface area (Å²) in [6.45, 7) is 11.3. The molecular weight excluding hydrogens is 204 g/mol. The molecule has 0 amide bonds. The maximum atomic E-state index is 3.48. The normalized spacial score (nSPS) is 23.3. The van der Waals surface area contributed by atoms with Crippen molar-refractivity contribution in [2.75, 3.05) is 19.6 Å². The van der Waals surface area contributed by atoms with Gasteiger partial charge in [0.1, 0.15) is 0 Å². The average molecular weight is 224 g/mol. The highest BCUT2D eigenvalue weighted by Gasteiger charge is 2.16. The average Bonchev–Trinajstić information content (AvgIpc) is 2.45. The van der Waals surface area contributed by atoms with Gasteiger partial charge in [-0.05, 0) is 32.4 Å². The molecule has 2 nitrogen and oxygen atoms in total. The molecule has 2 heterocycles. The summed E-state index contributed by atoms with van der Waals surface area (Å²) in [7, 11) is 0. The van der Waals surface area contributed by atoms with Crippen LogP contribution in [-0.4, -0.2) is 30.6 Å². The number of nitrogens with zero attached hydrogens (tertiary/aromatic N) is 1. The van der Waals surface area contributed by atoms with Gasteiger partial charge in [-0.1, -0.05) is 0 Å². The molecule has 3 heteroatoms. The van der Waals surface area contributed by atoms with Crippen LogP contribution in [0.2, 0.25) is 0 Å². The van der Waals surface area contributed by atoms with Crippen LogP contribution in [0.4, 0.5) is 0 Å². The number of aryl methyl sites for hydroxylation is 2. The Labute approximate surface area is 96.3 Å². The van der Waals surface area contributed by atoms with Crippen LogP contribution in [0.5, 0.6) is 0 Å². The summed E-state index contributed by atoms with van der Waals surface area (Å²) in [5, 5.41) is 3.48. The number of thiophene rings is 1. The Bertz CT molecular complexity index is 332. The van der Waals surface area contributed by atoms with Gasteiger partial charge >= 0.3 is 0 Å². The third-order valence-electron chi connectivity index (χ3n) is 2.99. The van der Waals surface area contributed by atoms with E-state index in [9.17, 15) is 0 Å². The Morgan fingerprint density at radius 1 is 1.53 bits per heavy atom. The Balaban J connectivity index is 1.99. The predicted molar refractivity (Wildman–Crippen MR) is 66.5 cm³/mol. The maximum absolute atomic E-state index is 3.48. The quantitative estimate of drug-likeness (QED) is 0.828. The lowest BCUT2D eigenvalue weighted by atomic mass is 10.2. The first kappa shape index (κ1) is 11.1. The first-order chi connectivity index (χ1) is 7.15. The fourth-order valence-corrected chi connectivity index (χ4v) is 3.18. The summed E-state index contributed by atoms with van der Waals surface area (Å²) in [4.78, 5) is 5.47. The van der Waals surface area contributed by atoms with Gasteiger partial charge in [0.2, 0.25) is 0 Å². The molecule has 0 aliphatic carbocycles. The SMILES string of the molecule is Cc1cc(CN2CCNC(C)C2)c(C)s1. The second-order valence-electron chi connectivity index (χ2n) is 4.53. The van der Waals surface area contributed by atoms with Gasteiger partial charge in [0, 0.05) is 42.0 Å². The molecular formula is C12H20N2S. The number of piperazine rings is 1. The van der Waals surface area contributed by atoms with Crippen molar-refractivity contribution in [3.63, 3.8) is 0 Å². The molecule has 1 aromatic rings. The highest BCUT2D eigenvalue weighted by Crippen LogP contribution is 2.22. The van der Waals surface area contributed by atoms with Gasteiger partial charge in [-0.25, -0.2) is 0 Å². The highest BCUT2D eigenvalue weighted by molar-refractivity contribution is 7.12. The first-order valence-corrected chi connectivity index (χ1v) is 6.48. The number of hydrogen-bond acceptors (Lipinski definition) is 3. The fourth-order valence-electron chi connectivity index (χ4n) is 2.24. The molecule has 1 unspecified atom stereocenters. The molecule has 1 aliphatic heterocycles. The van der Waals surface area contributed by atoms with E-state index in [1.807, 2.05) is 11.3 Å². The molecule has 15 heavy (non-hydrogen) atoms. The third kappa shape index (κ3) is 2.80. The zero-order valence-corrected chi connectivity index (χ0v) is 10.7. The molecule has 1 aromatic heterocycles. The van der Waals surface area contributed by atoms with Crippen LogP contribution in [-0.2, 0) is 6.54 Å². The number of hydrogen-bond donors (Lipinski definition) is 1. The lowest BCUT2D eigenvalue weighted by Gasteiger charge is -2.31. The second-order valence-corrected chi connectivity index (χ2v) is 5.99. The molecule has 0 radical (unpaired) electrons. The molecule has 0 aromatic carbocycles. The van der Waals surface area contributed by atoms with Crippen LogP contribution in [0.1, 0.15) is 22.2 Å². The molecule has 1 atom stereocenters. The van der Waals surface area contributed by atoms with Crippen LogP contribution in [0.15, 0.2) is 6.07 Å². The molecule has 0 bridgehead atoms. The standard InChI is InChI=1S/C12H20N2S/c1-9-7-14(5-4-13-9)8-12-6-10(2)15-11(12)3/h6,9,13H,4-5,7-8H2,1-3H3. The molecule has 0 spiro atoms. The molecule has 1 N–H and O–H groups in total. The van der Waals surface area contributed by atoms with Gasteiger partial charge in [-0.15, -0.1) is 11.3 Å². The molecule has 1 saturated heterocycles. The van der Waals surface area contributed by atoms with Crippen molar-refractivity contribution in [3.05, 3.63) is 21.4 Å². The van der Waals surface area contributed by atoms with Gasteiger partial charge in [0.05, 0.1) is 0 Å². The lowest BCUT2D eigenvalue weighted by Crippen LogP contribution is -2.48. The monoisotopic (exact) mass is 224 g/mol. The minimum Gasteiger partial charge on any atom is -0.312 e. The van der Waals surface area contributed by atoms with Crippen molar-refractivity contribution in [3.8, 4) is 0 Å². The van der Waals surface area contributed by atoms with Crippen LogP contribution in [0.25, 0.3) is 0 Å². The minimum absolute atomic E-state index is 0.638. The highest BCUT2D eigenvalue weighted by atomic mass is 32.1. The minimum atomic E-state index is 0.638. The summed E-state index contributed by atoms with van der Waals surface area (Å²) in [5.74, 6) is 0. The summed E-state index contributed by atoms with van der Waals surface area (Å²) < 4.78 is 0. The van der Waals surface area contributed by atoms with Gasteiger partial charge in [0.25, 0.3) is 0 Å². The van der Waals surface area contributed by atoms with Crippen LogP contribution < -0.4 is 5.32 Å². The summed E-state index contributed by atoms with van der Waals surface area (Å²) in [6.07, 6.45) is 0. The largest absolute Gasteiger partial charge is 0.312 e. The topological polar surface area (TPSA) is 15.3 Å². The van der Waals surface area contributed by atoms with Gasteiger partial charge in [-0.2, -0.15) is 0 Å². The smallest absolute Gasteiger partial charge is 0.0245 e. The number of rotatable bonds is 2. The summed E-state index contributed by atoms with van der Waals surface area (Å²) >= 11 is 1.92. The van der Waals surface area contributed by atoms with Crippen molar-refractivity contribution in [2.24, 2.45) is 0 Å². The predicted octanol–water partition coefficient (Wildman–Crippen LogP) is 2.16. The van der Waals surface area contributed by atoms with E-state index in [-0.39, 0.29) is 0 Å². The van der Waals surface area contributed by atoms with E-state index in [4.69, 9.17) is 0 Å². The Morgan fingerprint density at radius 2 is 2.33 bits per heavy atom. The van der Waals surface area contributed by atoms with Gasteiger partial charge in [-0.3, -0.25) is 4.90 Å². The zero-order valence-electron chi connectivity index (χ0n) is 9.84.